The third-order valence-corrected chi connectivity index (χ3v) is 2.71. The summed E-state index contributed by atoms with van der Waals surface area (Å²) in [6, 6.07) is 8.75. The van der Waals surface area contributed by atoms with Gasteiger partial charge in [0.2, 0.25) is 0 Å². The van der Waals surface area contributed by atoms with E-state index in [9.17, 15) is 0 Å². The molecule has 0 saturated carbocycles. The van der Waals surface area contributed by atoms with Crippen LogP contribution in [0.15, 0.2) is 24.3 Å². The molecule has 0 saturated heterocycles. The van der Waals surface area contributed by atoms with Gasteiger partial charge in [0.1, 0.15) is 0 Å². The highest BCUT2D eigenvalue weighted by Crippen LogP contribution is 2.22. The summed E-state index contributed by atoms with van der Waals surface area (Å²) in [5.74, 6) is 0.592. The first-order valence-corrected chi connectivity index (χ1v) is 5.00. The van der Waals surface area contributed by atoms with E-state index in [4.69, 9.17) is 11.6 Å². The molecule has 0 heterocycles. The molecule has 0 spiro atoms. The van der Waals surface area contributed by atoms with Gasteiger partial charge in [-0.15, -0.1) is 11.6 Å². The molecule has 0 radical (unpaired) electrons. The van der Waals surface area contributed by atoms with Gasteiger partial charge in [-0.1, -0.05) is 24.3 Å². The number of rotatable bonds is 3. The van der Waals surface area contributed by atoms with Gasteiger partial charge in [-0.3, -0.25) is 0 Å². The Morgan fingerprint density at radius 2 is 1.92 bits per heavy atom. The zero-order valence-electron chi connectivity index (χ0n) is 8.42. The van der Waals surface area contributed by atoms with Gasteiger partial charge < -0.3 is 4.90 Å². The average molecular weight is 198 g/mol. The molecule has 1 nitrogen and oxygen atoms in total. The van der Waals surface area contributed by atoms with Gasteiger partial charge in [0, 0.05) is 11.9 Å². The number of nitrogens with zero attached hydrogens (tertiary/aromatic N) is 1. The average Bonchev–Trinajstić information content (AvgIpc) is 2.16. The van der Waals surface area contributed by atoms with E-state index in [2.05, 4.69) is 44.1 Å². The van der Waals surface area contributed by atoms with Crippen molar-refractivity contribution < 1.29 is 0 Å². The maximum Gasteiger partial charge on any atom is 0.0477 e. The number of alkyl halides is 1. The minimum absolute atomic E-state index is 0.426. The lowest BCUT2D eigenvalue weighted by Gasteiger charge is -2.22. The van der Waals surface area contributed by atoms with Crippen LogP contribution in [0.1, 0.15) is 24.1 Å². The number of halogens is 1. The van der Waals surface area contributed by atoms with Crippen LogP contribution in [0.4, 0.5) is 0 Å². The highest BCUT2D eigenvalue weighted by Gasteiger charge is 2.10. The number of hydrogen-bond donors (Lipinski definition) is 0. The Kier molecular flexibility index (Phi) is 3.76. The summed E-state index contributed by atoms with van der Waals surface area (Å²) in [6.07, 6.45) is 0. The predicted molar refractivity (Wildman–Crippen MR) is 58.1 cm³/mol. The molecule has 72 valence electrons. The first kappa shape index (κ1) is 10.6. The largest absolute Gasteiger partial charge is 0.303 e. The maximum absolute atomic E-state index is 5.86. The third kappa shape index (κ3) is 2.45. The van der Waals surface area contributed by atoms with Crippen molar-refractivity contribution in [3.8, 4) is 0 Å². The van der Waals surface area contributed by atoms with Gasteiger partial charge in [0.15, 0.2) is 0 Å². The van der Waals surface area contributed by atoms with Crippen LogP contribution >= 0.6 is 11.6 Å². The van der Waals surface area contributed by atoms with Crippen molar-refractivity contribution in [1.82, 2.24) is 4.90 Å². The van der Waals surface area contributed by atoms with Crippen molar-refractivity contribution in [2.45, 2.75) is 18.8 Å². The van der Waals surface area contributed by atoms with Crippen molar-refractivity contribution >= 4 is 11.6 Å². The molecule has 1 rings (SSSR count). The van der Waals surface area contributed by atoms with Gasteiger partial charge in [-0.25, -0.2) is 0 Å². The van der Waals surface area contributed by atoms with Gasteiger partial charge in [-0.2, -0.15) is 0 Å². The topological polar surface area (TPSA) is 3.24 Å². The van der Waals surface area contributed by atoms with E-state index in [0.29, 0.717) is 11.9 Å². The highest BCUT2D eigenvalue weighted by molar-refractivity contribution is 6.17. The van der Waals surface area contributed by atoms with Gasteiger partial charge in [0.05, 0.1) is 0 Å². The Morgan fingerprint density at radius 3 is 2.46 bits per heavy atom. The molecular weight excluding hydrogens is 182 g/mol. The summed E-state index contributed by atoms with van der Waals surface area (Å²) in [6.45, 7) is 2.19. The zero-order chi connectivity index (χ0) is 9.84. The van der Waals surface area contributed by atoms with E-state index < -0.39 is 0 Å². The highest BCUT2D eigenvalue weighted by atomic mass is 35.5. The fourth-order valence-corrected chi connectivity index (χ4v) is 1.59. The van der Waals surface area contributed by atoms with E-state index in [1.54, 1.807) is 0 Å². The summed E-state index contributed by atoms with van der Waals surface area (Å²) in [7, 11) is 4.16. The molecule has 1 atom stereocenters. The maximum atomic E-state index is 5.86. The fraction of sp³-hybridized carbons (Fsp3) is 0.455. The second-order valence-corrected chi connectivity index (χ2v) is 3.74. The van der Waals surface area contributed by atoms with Crippen LogP contribution in [0.3, 0.4) is 0 Å². The molecule has 0 aliphatic heterocycles. The van der Waals surface area contributed by atoms with E-state index in [1.165, 1.54) is 11.1 Å². The second kappa shape index (κ2) is 4.64. The molecule has 1 aromatic carbocycles. The molecule has 1 aromatic rings. The van der Waals surface area contributed by atoms with Gasteiger partial charge >= 0.3 is 0 Å². The molecular formula is C11H16ClN. The summed E-state index contributed by atoms with van der Waals surface area (Å²) in [5.41, 5.74) is 2.55. The van der Waals surface area contributed by atoms with Crippen LogP contribution in [0, 0.1) is 0 Å². The monoisotopic (exact) mass is 197 g/mol. The Labute approximate surface area is 85.3 Å². The Hall–Kier alpha value is -0.530. The van der Waals surface area contributed by atoms with Crippen LogP contribution < -0.4 is 0 Å². The molecule has 1 unspecified atom stereocenters. The standard InChI is InChI=1S/C11H16ClN/c1-9(13(2)3)11-7-5-4-6-10(11)8-12/h4-7,9H,8H2,1-3H3. The third-order valence-electron chi connectivity index (χ3n) is 2.42. The van der Waals surface area contributed by atoms with Crippen molar-refractivity contribution in [1.29, 1.82) is 0 Å². The minimum atomic E-state index is 0.426. The molecule has 0 fully saturated rings. The van der Waals surface area contributed by atoms with Crippen molar-refractivity contribution in [3.63, 3.8) is 0 Å². The molecule has 13 heavy (non-hydrogen) atoms. The molecule has 0 N–H and O–H groups in total. The first-order valence-electron chi connectivity index (χ1n) is 4.47. The van der Waals surface area contributed by atoms with E-state index in [1.807, 2.05) is 6.07 Å². The van der Waals surface area contributed by atoms with Gasteiger partial charge in [-0.05, 0) is 32.1 Å². The quantitative estimate of drug-likeness (QED) is 0.674. The summed E-state index contributed by atoms with van der Waals surface area (Å²) >= 11 is 5.86. The lowest BCUT2D eigenvalue weighted by Crippen LogP contribution is -2.17. The summed E-state index contributed by atoms with van der Waals surface area (Å²) in [4.78, 5) is 2.19. The molecule has 0 aliphatic rings. The predicted octanol–water partition coefficient (Wildman–Crippen LogP) is 3.05. The van der Waals surface area contributed by atoms with Crippen LogP contribution in [0.2, 0.25) is 0 Å². The van der Waals surface area contributed by atoms with Crippen LogP contribution in [0.25, 0.3) is 0 Å². The second-order valence-electron chi connectivity index (χ2n) is 3.47. The minimum Gasteiger partial charge on any atom is -0.303 e. The number of hydrogen-bond acceptors (Lipinski definition) is 1. The Balaban J connectivity index is 2.98. The molecule has 2 heteroatoms. The van der Waals surface area contributed by atoms with E-state index in [0.717, 1.165) is 0 Å². The van der Waals surface area contributed by atoms with Crippen LogP contribution in [-0.4, -0.2) is 19.0 Å². The summed E-state index contributed by atoms with van der Waals surface area (Å²) < 4.78 is 0. The van der Waals surface area contributed by atoms with E-state index >= 15 is 0 Å². The van der Waals surface area contributed by atoms with Gasteiger partial charge in [0.25, 0.3) is 0 Å². The normalized spacial score (nSPS) is 13.3. The van der Waals surface area contributed by atoms with Crippen molar-refractivity contribution in [2.75, 3.05) is 14.1 Å². The van der Waals surface area contributed by atoms with Crippen LogP contribution in [-0.2, 0) is 5.88 Å². The molecule has 0 amide bonds. The molecule has 0 aliphatic carbocycles. The Morgan fingerprint density at radius 1 is 1.31 bits per heavy atom. The zero-order valence-corrected chi connectivity index (χ0v) is 9.17. The smallest absolute Gasteiger partial charge is 0.0477 e. The van der Waals surface area contributed by atoms with E-state index in [-0.39, 0.29) is 0 Å². The lowest BCUT2D eigenvalue weighted by atomic mass is 10.0. The van der Waals surface area contributed by atoms with Crippen LogP contribution in [0.5, 0.6) is 0 Å². The molecule has 0 bridgehead atoms. The molecule has 0 aromatic heterocycles. The van der Waals surface area contributed by atoms with Crippen molar-refractivity contribution in [2.24, 2.45) is 0 Å². The fourth-order valence-electron chi connectivity index (χ4n) is 1.34. The summed E-state index contributed by atoms with van der Waals surface area (Å²) in [5, 5.41) is 0. The van der Waals surface area contributed by atoms with Crippen molar-refractivity contribution in [3.05, 3.63) is 35.4 Å². The first-order chi connectivity index (χ1) is 6.16. The number of benzene rings is 1. The SMILES string of the molecule is CC(c1ccccc1CCl)N(C)C. The lowest BCUT2D eigenvalue weighted by molar-refractivity contribution is 0.320. The Bertz CT molecular complexity index is 271.